The molecule has 0 aliphatic rings. The van der Waals surface area contributed by atoms with Crippen LogP contribution < -0.4 is 22.9 Å². The molecule has 192 valence electrons. The molecule has 0 bridgehead atoms. The smallest absolute Gasteiger partial charge is 0.320 e. The van der Waals surface area contributed by atoms with Crippen LogP contribution >= 0.6 is 0 Å². The highest BCUT2D eigenvalue weighted by atomic mass is 16.4. The van der Waals surface area contributed by atoms with E-state index >= 15 is 0 Å². The summed E-state index contributed by atoms with van der Waals surface area (Å²) in [6.45, 7) is 12.6. The first-order chi connectivity index (χ1) is 14.3. The first-order valence-electron chi connectivity index (χ1n) is 10.3. The third-order valence-electron chi connectivity index (χ3n) is 3.98. The second-order valence-electron chi connectivity index (χ2n) is 8.06. The summed E-state index contributed by atoms with van der Waals surface area (Å²) in [5, 5.41) is 32.8. The first-order valence-corrected chi connectivity index (χ1v) is 10.3. The van der Waals surface area contributed by atoms with Crippen LogP contribution in [0, 0.1) is 17.8 Å². The molecular weight excluding hydrogens is 424 g/mol. The molecule has 0 heterocycles. The quantitative estimate of drug-likeness (QED) is 0.228. The Morgan fingerprint density at radius 1 is 0.656 bits per heavy atom. The molecule has 5 atom stereocenters. The summed E-state index contributed by atoms with van der Waals surface area (Å²) >= 11 is 0. The van der Waals surface area contributed by atoms with Crippen LogP contribution in [-0.2, 0) is 19.2 Å². The van der Waals surface area contributed by atoms with Crippen LogP contribution in [-0.4, -0.2) is 68.5 Å². The van der Waals surface area contributed by atoms with E-state index in [0.29, 0.717) is 12.3 Å². The van der Waals surface area contributed by atoms with Crippen LogP contribution in [0.1, 0.15) is 61.3 Å². The molecule has 0 aromatic rings. The van der Waals surface area contributed by atoms with Gasteiger partial charge in [-0.2, -0.15) is 0 Å². The van der Waals surface area contributed by atoms with Crippen molar-refractivity contribution < 1.29 is 39.6 Å². The molecule has 0 aliphatic heterocycles. The van der Waals surface area contributed by atoms with Crippen molar-refractivity contribution in [1.82, 2.24) is 0 Å². The summed E-state index contributed by atoms with van der Waals surface area (Å²) in [6.07, 6.45) is 1.36. The van der Waals surface area contributed by atoms with E-state index < -0.39 is 48.0 Å². The lowest BCUT2D eigenvalue weighted by Crippen LogP contribution is -2.36. The molecule has 0 saturated carbocycles. The van der Waals surface area contributed by atoms with Crippen molar-refractivity contribution >= 4 is 23.9 Å². The van der Waals surface area contributed by atoms with Crippen molar-refractivity contribution in [3.8, 4) is 0 Å². The summed E-state index contributed by atoms with van der Waals surface area (Å²) in [5.74, 6) is -3.27. The number of rotatable bonds is 9. The van der Waals surface area contributed by atoms with Crippen molar-refractivity contribution in [1.29, 1.82) is 0 Å². The van der Waals surface area contributed by atoms with Gasteiger partial charge >= 0.3 is 23.9 Å². The van der Waals surface area contributed by atoms with Gasteiger partial charge in [0, 0.05) is 0 Å². The Morgan fingerprint density at radius 2 is 1.00 bits per heavy atom. The van der Waals surface area contributed by atoms with Gasteiger partial charge in [-0.05, 0) is 31.1 Å². The summed E-state index contributed by atoms with van der Waals surface area (Å²) in [6, 6.07) is -2.83. The van der Waals surface area contributed by atoms with E-state index in [1.807, 2.05) is 27.7 Å². The van der Waals surface area contributed by atoms with Crippen molar-refractivity contribution in [3.63, 3.8) is 0 Å². The Balaban J connectivity index is -0.000000165. The van der Waals surface area contributed by atoms with Crippen molar-refractivity contribution in [2.45, 2.75) is 85.5 Å². The highest BCUT2D eigenvalue weighted by Gasteiger charge is 2.17. The zero-order chi connectivity index (χ0) is 26.8. The summed E-state index contributed by atoms with van der Waals surface area (Å²) in [5.41, 5.74) is 20.5. The second-order valence-corrected chi connectivity index (χ2v) is 8.06. The maximum atomic E-state index is 10.2. The van der Waals surface area contributed by atoms with Crippen LogP contribution in [0.2, 0.25) is 0 Å². The van der Waals surface area contributed by atoms with E-state index in [-0.39, 0.29) is 11.8 Å². The molecule has 0 spiro atoms. The molecular formula is C20H44N4O8. The van der Waals surface area contributed by atoms with Crippen LogP contribution in [0.4, 0.5) is 0 Å². The van der Waals surface area contributed by atoms with E-state index in [1.54, 1.807) is 13.8 Å². The normalized spacial score (nSPS) is 14.7. The molecule has 0 fully saturated rings. The van der Waals surface area contributed by atoms with Crippen molar-refractivity contribution in [2.24, 2.45) is 40.7 Å². The zero-order valence-electron chi connectivity index (χ0n) is 20.2. The topological polar surface area (TPSA) is 253 Å². The minimum atomic E-state index is -0.963. The van der Waals surface area contributed by atoms with Crippen molar-refractivity contribution in [3.05, 3.63) is 0 Å². The molecule has 0 unspecified atom stereocenters. The van der Waals surface area contributed by atoms with Gasteiger partial charge in [-0.25, -0.2) is 0 Å². The molecule has 12 nitrogen and oxygen atoms in total. The lowest BCUT2D eigenvalue weighted by atomic mass is 10.0. The number of carbonyl (C=O) groups is 4. The Kier molecular flexibility index (Phi) is 23.9. The Labute approximate surface area is 190 Å². The standard InChI is InChI=1S/2C6H13NO2.C5H11NO2.C3H7NO2/c1-4(2)3-5(7)6(8)9;1-3-4(2)5(7)6(8)9;1-3(2)4(6)5(7)8;1-2(4)3(5)6/h2*4-5H,3,7H2,1-2H3,(H,8,9);3-4H,6H2,1-2H3,(H,7,8);2H,4H2,1H3,(H,5,6)/t5-;4-,5-;4-;2-/m0000/s1. The van der Waals surface area contributed by atoms with Crippen LogP contribution in [0.25, 0.3) is 0 Å². The minimum absolute atomic E-state index is 0.0208. The molecule has 0 aromatic heterocycles. The van der Waals surface area contributed by atoms with Gasteiger partial charge in [0.25, 0.3) is 0 Å². The SMILES string of the molecule is CC(C)C[C@H](N)C(=O)O.CC(C)[C@H](N)C(=O)O.CC[C@H](C)[C@H](N)C(=O)O.C[C@H](N)C(=O)O. The number of hydrogen-bond donors (Lipinski definition) is 8. The molecule has 12 N–H and O–H groups in total. The van der Waals surface area contributed by atoms with Gasteiger partial charge in [0.05, 0.1) is 0 Å². The molecule has 0 aliphatic carbocycles. The fraction of sp³-hybridized carbons (Fsp3) is 0.800. The summed E-state index contributed by atoms with van der Waals surface area (Å²) < 4.78 is 0. The summed E-state index contributed by atoms with van der Waals surface area (Å²) in [4.78, 5) is 39.9. The number of nitrogens with two attached hydrogens (primary N) is 4. The van der Waals surface area contributed by atoms with Gasteiger partial charge in [-0.1, -0.05) is 48.0 Å². The minimum Gasteiger partial charge on any atom is -0.480 e. The molecule has 0 aromatic carbocycles. The molecule has 0 amide bonds. The van der Waals surface area contributed by atoms with Crippen LogP contribution in [0.15, 0.2) is 0 Å². The highest BCUT2D eigenvalue weighted by molar-refractivity contribution is 5.74. The molecule has 0 saturated heterocycles. The van der Waals surface area contributed by atoms with Crippen molar-refractivity contribution in [2.75, 3.05) is 0 Å². The van der Waals surface area contributed by atoms with Gasteiger partial charge in [0.15, 0.2) is 0 Å². The number of aliphatic carboxylic acids is 4. The van der Waals surface area contributed by atoms with E-state index in [1.165, 1.54) is 6.92 Å². The predicted molar refractivity (Wildman–Crippen MR) is 122 cm³/mol. The number of carboxylic acids is 4. The fourth-order valence-corrected chi connectivity index (χ4v) is 1.39. The van der Waals surface area contributed by atoms with E-state index in [9.17, 15) is 19.2 Å². The maximum Gasteiger partial charge on any atom is 0.320 e. The number of carboxylic acid groups (broad SMARTS) is 4. The number of hydrogen-bond acceptors (Lipinski definition) is 8. The third kappa shape index (κ3) is 25.8. The van der Waals surface area contributed by atoms with E-state index in [4.69, 9.17) is 43.4 Å². The van der Waals surface area contributed by atoms with Crippen LogP contribution in [0.3, 0.4) is 0 Å². The highest BCUT2D eigenvalue weighted by Crippen LogP contribution is 2.04. The average molecular weight is 469 g/mol. The summed E-state index contributed by atoms with van der Waals surface area (Å²) in [7, 11) is 0. The Bertz CT molecular complexity index is 542. The van der Waals surface area contributed by atoms with E-state index in [0.717, 1.165) is 6.42 Å². The third-order valence-corrected chi connectivity index (χ3v) is 3.98. The van der Waals surface area contributed by atoms with Crippen LogP contribution in [0.5, 0.6) is 0 Å². The average Bonchev–Trinajstić information content (AvgIpc) is 2.66. The van der Waals surface area contributed by atoms with Gasteiger partial charge in [0.1, 0.15) is 24.2 Å². The Hall–Kier alpha value is -2.28. The lowest BCUT2D eigenvalue weighted by Gasteiger charge is -2.11. The fourth-order valence-electron chi connectivity index (χ4n) is 1.39. The van der Waals surface area contributed by atoms with Gasteiger partial charge in [-0.3, -0.25) is 19.2 Å². The van der Waals surface area contributed by atoms with Gasteiger partial charge in [-0.15, -0.1) is 0 Å². The largest absolute Gasteiger partial charge is 0.480 e. The van der Waals surface area contributed by atoms with E-state index in [2.05, 4.69) is 0 Å². The first kappa shape index (κ1) is 37.1. The lowest BCUT2D eigenvalue weighted by molar-refractivity contribution is -0.140. The zero-order valence-corrected chi connectivity index (χ0v) is 20.2. The maximum absolute atomic E-state index is 10.2. The Morgan fingerprint density at radius 3 is 1.06 bits per heavy atom. The molecule has 32 heavy (non-hydrogen) atoms. The molecule has 0 rings (SSSR count). The second kappa shape index (κ2) is 20.6. The predicted octanol–water partition coefficient (Wildman–Crippen LogP) is 0.361. The van der Waals surface area contributed by atoms with Gasteiger partial charge < -0.3 is 43.4 Å². The monoisotopic (exact) mass is 468 g/mol. The molecule has 0 radical (unpaired) electrons. The van der Waals surface area contributed by atoms with Gasteiger partial charge in [0.2, 0.25) is 0 Å². The molecule has 12 heteroatoms.